The van der Waals surface area contributed by atoms with Crippen molar-refractivity contribution in [3.05, 3.63) is 0 Å². The third-order valence-corrected chi connectivity index (χ3v) is 4.19. The standard InChI is InChI=1S/C11H20N2O/c12-6-8-3-4-13(7-8)10-5-9-1-2-11(10)14-9/h8-11H,1-7,12H2. The molecule has 0 radical (unpaired) electrons. The number of nitrogens with two attached hydrogens (primary N) is 1. The van der Waals surface area contributed by atoms with Crippen LogP contribution in [0, 0.1) is 5.92 Å². The number of likely N-dealkylation sites (tertiary alicyclic amines) is 1. The van der Waals surface area contributed by atoms with E-state index in [0.29, 0.717) is 12.2 Å². The highest BCUT2D eigenvalue weighted by atomic mass is 16.5. The van der Waals surface area contributed by atoms with Crippen LogP contribution in [0.2, 0.25) is 0 Å². The predicted octanol–water partition coefficient (Wildman–Crippen LogP) is 0.587. The maximum Gasteiger partial charge on any atom is 0.0735 e. The van der Waals surface area contributed by atoms with E-state index >= 15 is 0 Å². The fourth-order valence-electron chi connectivity index (χ4n) is 3.35. The van der Waals surface area contributed by atoms with E-state index < -0.39 is 0 Å². The molecular formula is C11H20N2O. The Morgan fingerprint density at radius 3 is 2.79 bits per heavy atom. The van der Waals surface area contributed by atoms with Crippen molar-refractivity contribution in [1.82, 2.24) is 4.90 Å². The van der Waals surface area contributed by atoms with Gasteiger partial charge in [0.2, 0.25) is 0 Å². The lowest BCUT2D eigenvalue weighted by Gasteiger charge is -2.29. The Morgan fingerprint density at radius 1 is 1.29 bits per heavy atom. The van der Waals surface area contributed by atoms with Crippen LogP contribution in [0.4, 0.5) is 0 Å². The van der Waals surface area contributed by atoms with Crippen LogP contribution in [0.5, 0.6) is 0 Å². The van der Waals surface area contributed by atoms with Gasteiger partial charge in [0, 0.05) is 12.6 Å². The summed E-state index contributed by atoms with van der Waals surface area (Å²) in [6, 6.07) is 0.727. The summed E-state index contributed by atoms with van der Waals surface area (Å²) in [5.74, 6) is 0.745. The van der Waals surface area contributed by atoms with E-state index in [2.05, 4.69) is 4.90 Å². The quantitative estimate of drug-likeness (QED) is 0.702. The van der Waals surface area contributed by atoms with Crippen LogP contribution in [0.3, 0.4) is 0 Å². The molecule has 0 aliphatic carbocycles. The van der Waals surface area contributed by atoms with E-state index in [1.807, 2.05) is 0 Å². The molecule has 4 unspecified atom stereocenters. The zero-order valence-electron chi connectivity index (χ0n) is 8.69. The van der Waals surface area contributed by atoms with Gasteiger partial charge in [0.1, 0.15) is 0 Å². The Kier molecular flexibility index (Phi) is 2.26. The zero-order chi connectivity index (χ0) is 9.54. The molecule has 0 spiro atoms. The summed E-state index contributed by atoms with van der Waals surface area (Å²) in [6.07, 6.45) is 6.30. The lowest BCUT2D eigenvalue weighted by molar-refractivity contribution is 0.0760. The third kappa shape index (κ3) is 1.38. The monoisotopic (exact) mass is 196 g/mol. The summed E-state index contributed by atoms with van der Waals surface area (Å²) in [5, 5.41) is 0. The highest BCUT2D eigenvalue weighted by molar-refractivity contribution is 4.97. The Balaban J connectivity index is 1.62. The van der Waals surface area contributed by atoms with Crippen LogP contribution in [0.15, 0.2) is 0 Å². The molecule has 14 heavy (non-hydrogen) atoms. The lowest BCUT2D eigenvalue weighted by Crippen LogP contribution is -2.40. The van der Waals surface area contributed by atoms with Gasteiger partial charge >= 0.3 is 0 Å². The summed E-state index contributed by atoms with van der Waals surface area (Å²) < 4.78 is 5.89. The fraction of sp³-hybridized carbons (Fsp3) is 1.00. The van der Waals surface area contributed by atoms with Gasteiger partial charge in [-0.05, 0) is 44.7 Å². The van der Waals surface area contributed by atoms with Gasteiger partial charge in [-0.1, -0.05) is 0 Å². The summed E-state index contributed by atoms with van der Waals surface area (Å²) in [7, 11) is 0. The second-order valence-electron chi connectivity index (χ2n) is 5.06. The second kappa shape index (κ2) is 3.47. The molecular weight excluding hydrogens is 176 g/mol. The highest BCUT2D eigenvalue weighted by Crippen LogP contribution is 2.38. The molecule has 3 saturated heterocycles. The largest absolute Gasteiger partial charge is 0.373 e. The molecule has 0 aromatic rings. The van der Waals surface area contributed by atoms with Crippen molar-refractivity contribution in [2.45, 2.75) is 43.9 Å². The van der Waals surface area contributed by atoms with Crippen LogP contribution in [-0.4, -0.2) is 42.8 Å². The summed E-state index contributed by atoms with van der Waals surface area (Å²) in [5.41, 5.74) is 5.71. The first kappa shape index (κ1) is 9.13. The van der Waals surface area contributed by atoms with Crippen LogP contribution in [0.25, 0.3) is 0 Å². The van der Waals surface area contributed by atoms with Crippen LogP contribution < -0.4 is 5.73 Å². The minimum Gasteiger partial charge on any atom is -0.373 e. The Labute approximate surface area is 85.6 Å². The van der Waals surface area contributed by atoms with Crippen molar-refractivity contribution >= 4 is 0 Å². The molecule has 3 heterocycles. The number of rotatable bonds is 2. The van der Waals surface area contributed by atoms with Crippen molar-refractivity contribution in [3.8, 4) is 0 Å². The van der Waals surface area contributed by atoms with E-state index in [9.17, 15) is 0 Å². The molecule has 3 fully saturated rings. The van der Waals surface area contributed by atoms with E-state index in [1.54, 1.807) is 0 Å². The molecule has 3 aliphatic heterocycles. The van der Waals surface area contributed by atoms with Gasteiger partial charge < -0.3 is 10.5 Å². The number of ether oxygens (including phenoxy) is 1. The first-order chi connectivity index (χ1) is 6.86. The SMILES string of the molecule is NCC1CCN(C2CC3CCC2O3)C1. The number of fused-ring (bicyclic) bond motifs is 2. The Hall–Kier alpha value is -0.120. The molecule has 0 amide bonds. The average molecular weight is 196 g/mol. The summed E-state index contributed by atoms with van der Waals surface area (Å²) in [4.78, 5) is 2.63. The maximum atomic E-state index is 5.89. The van der Waals surface area contributed by atoms with Gasteiger partial charge in [-0.3, -0.25) is 4.90 Å². The van der Waals surface area contributed by atoms with Crippen LogP contribution in [0.1, 0.15) is 25.7 Å². The van der Waals surface area contributed by atoms with Crippen LogP contribution >= 0.6 is 0 Å². The third-order valence-electron chi connectivity index (χ3n) is 4.19. The van der Waals surface area contributed by atoms with Gasteiger partial charge in [-0.25, -0.2) is 0 Å². The fourth-order valence-corrected chi connectivity index (χ4v) is 3.35. The van der Waals surface area contributed by atoms with Gasteiger partial charge in [0.05, 0.1) is 12.2 Å². The molecule has 2 bridgehead atoms. The van der Waals surface area contributed by atoms with E-state index in [-0.39, 0.29) is 0 Å². The molecule has 4 atom stereocenters. The molecule has 3 rings (SSSR count). The lowest BCUT2D eigenvalue weighted by atomic mass is 9.94. The van der Waals surface area contributed by atoms with Gasteiger partial charge in [-0.15, -0.1) is 0 Å². The zero-order valence-corrected chi connectivity index (χ0v) is 8.69. The minimum absolute atomic E-state index is 0.552. The number of hydrogen-bond donors (Lipinski definition) is 1. The summed E-state index contributed by atoms with van der Waals surface area (Å²) in [6.45, 7) is 3.32. The Morgan fingerprint density at radius 2 is 2.21 bits per heavy atom. The molecule has 0 aromatic carbocycles. The molecule has 0 aromatic heterocycles. The normalized spacial score (nSPS) is 47.8. The molecule has 0 saturated carbocycles. The van der Waals surface area contributed by atoms with Gasteiger partial charge in [-0.2, -0.15) is 0 Å². The maximum absolute atomic E-state index is 5.89. The van der Waals surface area contributed by atoms with Crippen molar-refractivity contribution < 1.29 is 4.74 Å². The smallest absolute Gasteiger partial charge is 0.0735 e. The molecule has 2 N–H and O–H groups in total. The molecule has 80 valence electrons. The van der Waals surface area contributed by atoms with E-state index in [0.717, 1.165) is 18.5 Å². The first-order valence-corrected chi connectivity index (χ1v) is 5.96. The second-order valence-corrected chi connectivity index (χ2v) is 5.06. The minimum atomic E-state index is 0.552. The van der Waals surface area contributed by atoms with E-state index in [4.69, 9.17) is 10.5 Å². The Bertz CT molecular complexity index is 221. The topological polar surface area (TPSA) is 38.5 Å². The van der Waals surface area contributed by atoms with Crippen molar-refractivity contribution in [3.63, 3.8) is 0 Å². The molecule has 3 aliphatic rings. The first-order valence-electron chi connectivity index (χ1n) is 5.96. The predicted molar refractivity (Wildman–Crippen MR) is 55.0 cm³/mol. The van der Waals surface area contributed by atoms with Crippen LogP contribution in [-0.2, 0) is 4.74 Å². The molecule has 3 nitrogen and oxygen atoms in total. The number of nitrogens with zero attached hydrogens (tertiary/aromatic N) is 1. The van der Waals surface area contributed by atoms with Gasteiger partial charge in [0.25, 0.3) is 0 Å². The number of hydrogen-bond acceptors (Lipinski definition) is 3. The van der Waals surface area contributed by atoms with E-state index in [1.165, 1.54) is 38.8 Å². The van der Waals surface area contributed by atoms with Crippen molar-refractivity contribution in [2.24, 2.45) is 11.7 Å². The van der Waals surface area contributed by atoms with Gasteiger partial charge in [0.15, 0.2) is 0 Å². The average Bonchev–Trinajstić information content (AvgIpc) is 2.93. The van der Waals surface area contributed by atoms with Crippen molar-refractivity contribution in [1.29, 1.82) is 0 Å². The highest BCUT2D eigenvalue weighted by Gasteiger charge is 2.44. The molecule has 3 heteroatoms. The summed E-state index contributed by atoms with van der Waals surface area (Å²) >= 11 is 0. The van der Waals surface area contributed by atoms with Crippen molar-refractivity contribution in [2.75, 3.05) is 19.6 Å².